The van der Waals surface area contributed by atoms with Gasteiger partial charge in [-0.25, -0.2) is 9.78 Å². The van der Waals surface area contributed by atoms with Crippen LogP contribution in [0.4, 0.5) is 15.6 Å². The first-order valence-electron chi connectivity index (χ1n) is 9.78. The molecule has 0 bridgehead atoms. The molecule has 30 heavy (non-hydrogen) atoms. The summed E-state index contributed by atoms with van der Waals surface area (Å²) >= 11 is 1.40. The molecule has 156 valence electrons. The second-order valence-corrected chi connectivity index (χ2v) is 9.37. The lowest BCUT2D eigenvalue weighted by atomic mass is 9.87. The van der Waals surface area contributed by atoms with Gasteiger partial charge in [-0.3, -0.25) is 10.1 Å². The highest BCUT2D eigenvalue weighted by atomic mass is 32.1. The fourth-order valence-electron chi connectivity index (χ4n) is 3.24. The molecule has 0 unspecified atom stereocenters. The number of nitrogens with one attached hydrogen (secondary N) is 2. The van der Waals surface area contributed by atoms with Crippen molar-refractivity contribution in [2.45, 2.75) is 39.2 Å². The molecular formula is C22H24N4O3S. The molecule has 0 spiro atoms. The van der Waals surface area contributed by atoms with Crippen molar-refractivity contribution in [2.24, 2.45) is 0 Å². The minimum atomic E-state index is -0.261. The standard InChI is InChI=1S/C22H24N4O3S/c1-22(2,3)15-4-6-16(7-5-15)23-21(28)26-10-8-17-18(12-26)30-20(24-17)25-19(27)14-9-11-29-13-14/h4-7,9,11,13H,8,10,12H2,1-3H3,(H,23,28)(H,24,25,27). The average Bonchev–Trinajstić information content (AvgIpc) is 3.36. The number of hydrogen-bond donors (Lipinski definition) is 2. The van der Waals surface area contributed by atoms with E-state index in [0.29, 0.717) is 30.2 Å². The molecular weight excluding hydrogens is 400 g/mol. The van der Waals surface area contributed by atoms with Gasteiger partial charge in [-0.15, -0.1) is 0 Å². The predicted octanol–water partition coefficient (Wildman–Crippen LogP) is 4.88. The number of hydrogen-bond acceptors (Lipinski definition) is 5. The van der Waals surface area contributed by atoms with Gasteiger partial charge in [-0.2, -0.15) is 0 Å². The van der Waals surface area contributed by atoms with Gasteiger partial charge in [0.05, 0.1) is 24.1 Å². The lowest BCUT2D eigenvalue weighted by molar-refractivity contribution is 0.102. The van der Waals surface area contributed by atoms with Crippen LogP contribution in [-0.2, 0) is 18.4 Å². The molecule has 0 radical (unpaired) electrons. The first kappa shape index (κ1) is 20.2. The smallest absolute Gasteiger partial charge is 0.322 e. The fourth-order valence-corrected chi connectivity index (χ4v) is 4.26. The number of benzene rings is 1. The van der Waals surface area contributed by atoms with Gasteiger partial charge in [-0.05, 0) is 29.2 Å². The Labute approximate surface area is 179 Å². The number of rotatable bonds is 3. The fraction of sp³-hybridized carbons (Fsp3) is 0.318. The summed E-state index contributed by atoms with van der Waals surface area (Å²) in [6.07, 6.45) is 3.50. The molecule has 1 aliphatic rings. The highest BCUT2D eigenvalue weighted by Crippen LogP contribution is 2.29. The van der Waals surface area contributed by atoms with Crippen molar-refractivity contribution in [3.05, 3.63) is 64.6 Å². The molecule has 3 aromatic rings. The SMILES string of the molecule is CC(C)(C)c1ccc(NC(=O)N2CCc3nc(NC(=O)c4ccoc4)sc3C2)cc1. The van der Waals surface area contributed by atoms with Crippen molar-refractivity contribution in [2.75, 3.05) is 17.2 Å². The van der Waals surface area contributed by atoms with Crippen LogP contribution in [0.1, 0.15) is 47.3 Å². The van der Waals surface area contributed by atoms with Gasteiger partial charge < -0.3 is 14.6 Å². The van der Waals surface area contributed by atoms with Crippen LogP contribution >= 0.6 is 11.3 Å². The monoisotopic (exact) mass is 424 g/mol. The number of carbonyl (C=O) groups is 2. The third kappa shape index (κ3) is 4.38. The molecule has 0 fully saturated rings. The summed E-state index contributed by atoms with van der Waals surface area (Å²) < 4.78 is 4.94. The number of carbonyl (C=O) groups excluding carboxylic acids is 2. The van der Waals surface area contributed by atoms with E-state index in [-0.39, 0.29) is 17.4 Å². The summed E-state index contributed by atoms with van der Waals surface area (Å²) in [5, 5.41) is 6.30. The Morgan fingerprint density at radius 1 is 1.13 bits per heavy atom. The predicted molar refractivity (Wildman–Crippen MR) is 117 cm³/mol. The van der Waals surface area contributed by atoms with E-state index in [1.807, 2.05) is 24.3 Å². The summed E-state index contributed by atoms with van der Waals surface area (Å²) in [6.45, 7) is 7.53. The van der Waals surface area contributed by atoms with Crippen LogP contribution in [0.2, 0.25) is 0 Å². The molecule has 4 rings (SSSR count). The number of nitrogens with zero attached hydrogens (tertiary/aromatic N) is 2. The van der Waals surface area contributed by atoms with Crippen molar-refractivity contribution in [3.63, 3.8) is 0 Å². The third-order valence-corrected chi connectivity index (χ3v) is 6.02. The van der Waals surface area contributed by atoms with Crippen LogP contribution in [0.25, 0.3) is 0 Å². The molecule has 0 aliphatic carbocycles. The van der Waals surface area contributed by atoms with Crippen molar-refractivity contribution in [1.29, 1.82) is 0 Å². The van der Waals surface area contributed by atoms with E-state index in [1.165, 1.54) is 29.4 Å². The maximum Gasteiger partial charge on any atom is 0.322 e. The second-order valence-electron chi connectivity index (χ2n) is 8.28. The normalized spacial score (nSPS) is 13.6. The van der Waals surface area contributed by atoms with Gasteiger partial charge in [0.25, 0.3) is 5.91 Å². The number of fused-ring (bicyclic) bond motifs is 1. The minimum absolute atomic E-state index is 0.0721. The zero-order valence-corrected chi connectivity index (χ0v) is 18.0. The molecule has 1 aliphatic heterocycles. The van der Waals surface area contributed by atoms with E-state index < -0.39 is 0 Å². The Bertz CT molecular complexity index is 1050. The lowest BCUT2D eigenvalue weighted by Gasteiger charge is -2.26. The Morgan fingerprint density at radius 2 is 1.90 bits per heavy atom. The van der Waals surface area contributed by atoms with Gasteiger partial charge in [-0.1, -0.05) is 44.2 Å². The number of thiazole rings is 1. The van der Waals surface area contributed by atoms with E-state index in [0.717, 1.165) is 16.3 Å². The summed E-state index contributed by atoms with van der Waals surface area (Å²) in [4.78, 5) is 32.1. The summed E-state index contributed by atoms with van der Waals surface area (Å²) in [6, 6.07) is 9.42. The first-order chi connectivity index (χ1) is 14.3. The second kappa shape index (κ2) is 7.95. The lowest BCUT2D eigenvalue weighted by Crippen LogP contribution is -2.38. The van der Waals surface area contributed by atoms with E-state index >= 15 is 0 Å². The molecule has 3 amide bonds. The summed E-state index contributed by atoms with van der Waals surface area (Å²) in [5.41, 5.74) is 3.44. The van der Waals surface area contributed by atoms with Gasteiger partial charge in [0.15, 0.2) is 5.13 Å². The molecule has 3 heterocycles. The topological polar surface area (TPSA) is 87.5 Å². The molecule has 1 aromatic carbocycles. The molecule has 2 N–H and O–H groups in total. The summed E-state index contributed by atoms with van der Waals surface area (Å²) in [7, 11) is 0. The van der Waals surface area contributed by atoms with Gasteiger partial charge in [0.2, 0.25) is 0 Å². The number of anilines is 2. The molecule has 0 saturated carbocycles. The van der Waals surface area contributed by atoms with Gasteiger partial charge in [0.1, 0.15) is 6.26 Å². The van der Waals surface area contributed by atoms with E-state index in [4.69, 9.17) is 4.42 Å². The van der Waals surface area contributed by atoms with Gasteiger partial charge >= 0.3 is 6.03 Å². The van der Waals surface area contributed by atoms with Crippen molar-refractivity contribution in [1.82, 2.24) is 9.88 Å². The van der Waals surface area contributed by atoms with Crippen LogP contribution < -0.4 is 10.6 Å². The van der Waals surface area contributed by atoms with Crippen LogP contribution in [-0.4, -0.2) is 28.4 Å². The number of urea groups is 1. The zero-order valence-electron chi connectivity index (χ0n) is 17.2. The highest BCUT2D eigenvalue weighted by molar-refractivity contribution is 7.15. The number of amides is 3. The van der Waals surface area contributed by atoms with E-state index in [2.05, 4.69) is 36.4 Å². The summed E-state index contributed by atoms with van der Waals surface area (Å²) in [5.74, 6) is -0.261. The Morgan fingerprint density at radius 3 is 2.57 bits per heavy atom. The zero-order chi connectivity index (χ0) is 21.3. The van der Waals surface area contributed by atoms with Crippen molar-refractivity contribution < 1.29 is 14.0 Å². The maximum atomic E-state index is 12.7. The highest BCUT2D eigenvalue weighted by Gasteiger charge is 2.25. The largest absolute Gasteiger partial charge is 0.472 e. The molecule has 0 saturated heterocycles. The van der Waals surface area contributed by atoms with Crippen molar-refractivity contribution >= 4 is 34.1 Å². The Kier molecular flexibility index (Phi) is 5.34. The molecule has 0 atom stereocenters. The molecule has 2 aromatic heterocycles. The minimum Gasteiger partial charge on any atom is -0.472 e. The van der Waals surface area contributed by atoms with Gasteiger partial charge in [0, 0.05) is 23.5 Å². The molecule has 7 nitrogen and oxygen atoms in total. The maximum absolute atomic E-state index is 12.7. The average molecular weight is 425 g/mol. The first-order valence-corrected chi connectivity index (χ1v) is 10.6. The van der Waals surface area contributed by atoms with E-state index in [9.17, 15) is 9.59 Å². The Balaban J connectivity index is 1.38. The van der Waals surface area contributed by atoms with Crippen LogP contribution in [0.5, 0.6) is 0 Å². The molecule has 8 heteroatoms. The van der Waals surface area contributed by atoms with Crippen LogP contribution in [0.15, 0.2) is 47.3 Å². The van der Waals surface area contributed by atoms with Crippen LogP contribution in [0, 0.1) is 0 Å². The van der Waals surface area contributed by atoms with E-state index in [1.54, 1.807) is 11.0 Å². The quantitative estimate of drug-likeness (QED) is 0.627. The Hall–Kier alpha value is -3.13. The number of furan rings is 1. The number of aromatic nitrogens is 1. The third-order valence-electron chi connectivity index (χ3n) is 5.02. The van der Waals surface area contributed by atoms with Crippen molar-refractivity contribution in [3.8, 4) is 0 Å². The van der Waals surface area contributed by atoms with Crippen LogP contribution in [0.3, 0.4) is 0 Å².